The van der Waals surface area contributed by atoms with Gasteiger partial charge in [-0.1, -0.05) is 0 Å². The van der Waals surface area contributed by atoms with Crippen LogP contribution in [0.2, 0.25) is 0 Å². The number of carbonyl (C=O) groups excluding carboxylic acids is 1. The van der Waals surface area contributed by atoms with Gasteiger partial charge in [-0.3, -0.25) is 19.6 Å². The van der Waals surface area contributed by atoms with Gasteiger partial charge in [-0.05, 0) is 0 Å². The quantitative estimate of drug-likeness (QED) is 0.242. The maximum absolute atomic E-state index is 11.8. The van der Waals surface area contributed by atoms with Gasteiger partial charge in [0.25, 0.3) is 0 Å². The number of nitrogens with two attached hydrogens (primary N) is 1. The van der Waals surface area contributed by atoms with E-state index < -0.39 is 29.7 Å². The molecule has 11 nitrogen and oxygen atoms in total. The summed E-state index contributed by atoms with van der Waals surface area (Å²) in [5.41, 5.74) is 0. The molecule has 1 fully saturated rings. The largest absolute Gasteiger partial charge is 0.469 e. The number of rotatable bonds is 6. The molecule has 0 spiro atoms. The molecule has 0 aliphatic carbocycles. The fourth-order valence-corrected chi connectivity index (χ4v) is 3.23. The van der Waals surface area contributed by atoms with Crippen LogP contribution in [-0.4, -0.2) is 72.4 Å². The second-order valence-electron chi connectivity index (χ2n) is 4.97. The number of phosphoric acid groups is 1. The van der Waals surface area contributed by atoms with Gasteiger partial charge in [0.1, 0.15) is 0 Å². The third-order valence-electron chi connectivity index (χ3n) is 2.98. The molecule has 1 saturated heterocycles. The van der Waals surface area contributed by atoms with Crippen LogP contribution in [0.5, 0.6) is 0 Å². The highest BCUT2D eigenvalue weighted by atomic mass is 32.2. The molecular weight excluding hydrogens is 339 g/mol. The van der Waals surface area contributed by atoms with Crippen LogP contribution in [-0.2, 0) is 23.9 Å². The summed E-state index contributed by atoms with van der Waals surface area (Å²) >= 11 is 0. The Morgan fingerprint density at radius 2 is 2.18 bits per heavy atom. The van der Waals surface area contributed by atoms with E-state index in [4.69, 9.17) is 20.3 Å². The van der Waals surface area contributed by atoms with E-state index in [-0.39, 0.29) is 37.8 Å². The van der Waals surface area contributed by atoms with Crippen LogP contribution in [0, 0.1) is 11.3 Å². The highest BCUT2D eigenvalue weighted by Gasteiger charge is 2.35. The molecule has 0 aromatic rings. The third-order valence-corrected chi connectivity index (χ3v) is 4.43. The molecule has 1 unspecified atom stereocenters. The summed E-state index contributed by atoms with van der Waals surface area (Å²) in [5.74, 6) is -1.42. The molecule has 1 aliphatic rings. The summed E-state index contributed by atoms with van der Waals surface area (Å²) in [7, 11) is -6.83. The maximum Gasteiger partial charge on any atom is 0.469 e. The Morgan fingerprint density at radius 3 is 2.68 bits per heavy atom. The van der Waals surface area contributed by atoms with Gasteiger partial charge in [-0.15, -0.1) is 0 Å². The number of likely N-dealkylation sites (N-methyl/N-ethyl adjacent to an activating group) is 1. The Labute approximate surface area is 127 Å². The lowest BCUT2D eigenvalue weighted by atomic mass is 10.1. The number of carbonyl (C=O) groups is 1. The van der Waals surface area contributed by atoms with Crippen molar-refractivity contribution in [2.24, 2.45) is 11.1 Å². The molecule has 22 heavy (non-hydrogen) atoms. The van der Waals surface area contributed by atoms with Crippen LogP contribution in [0.3, 0.4) is 0 Å². The van der Waals surface area contributed by atoms with Crippen molar-refractivity contribution in [2.45, 2.75) is 6.42 Å². The zero-order valence-corrected chi connectivity index (χ0v) is 13.6. The molecular formula is C9H19N4O7PS. The van der Waals surface area contributed by atoms with Crippen molar-refractivity contribution < 1.29 is 32.1 Å². The molecule has 1 aliphatic heterocycles. The van der Waals surface area contributed by atoms with Crippen molar-refractivity contribution in [3.05, 3.63) is 0 Å². The van der Waals surface area contributed by atoms with Crippen molar-refractivity contribution in [1.29, 1.82) is 5.41 Å². The molecule has 0 saturated carbocycles. The van der Waals surface area contributed by atoms with Gasteiger partial charge in [-0.2, -0.15) is 0 Å². The van der Waals surface area contributed by atoms with E-state index in [2.05, 4.69) is 4.52 Å². The fourth-order valence-electron chi connectivity index (χ4n) is 2.04. The Kier molecular flexibility index (Phi) is 6.07. The molecule has 0 aromatic heterocycles. The summed E-state index contributed by atoms with van der Waals surface area (Å²) in [6, 6.07) is 0. The average molecular weight is 358 g/mol. The number of hydrogen-bond donors (Lipinski definition) is 4. The predicted molar refractivity (Wildman–Crippen MR) is 76.1 cm³/mol. The topological polar surface area (TPSA) is 174 Å². The van der Waals surface area contributed by atoms with Gasteiger partial charge in [0.05, 0.1) is 12.4 Å². The number of sulfonamides is 1. The molecule has 0 radical (unpaired) electrons. The molecule has 1 heterocycles. The predicted octanol–water partition coefficient (Wildman–Crippen LogP) is -1.90. The summed E-state index contributed by atoms with van der Waals surface area (Å²) < 4.78 is 36.9. The fraction of sp³-hybridized carbons (Fsp3) is 0.778. The number of amides is 1. The molecule has 1 amide bonds. The Morgan fingerprint density at radius 1 is 1.59 bits per heavy atom. The van der Waals surface area contributed by atoms with Gasteiger partial charge < -0.3 is 14.7 Å². The van der Waals surface area contributed by atoms with Crippen LogP contribution in [0.4, 0.5) is 0 Å². The SMILES string of the molecule is CN(CCOP(=O)(O)O)C(=N)N1CC(CS(N)(=O)=O)CC1=O. The zero-order chi connectivity index (χ0) is 17.1. The lowest BCUT2D eigenvalue weighted by Gasteiger charge is -2.26. The first-order chi connectivity index (χ1) is 9.89. The van der Waals surface area contributed by atoms with E-state index in [1.807, 2.05) is 0 Å². The monoisotopic (exact) mass is 358 g/mol. The van der Waals surface area contributed by atoms with E-state index >= 15 is 0 Å². The number of nitrogens with zero attached hydrogens (tertiary/aromatic N) is 2. The van der Waals surface area contributed by atoms with Crippen molar-refractivity contribution in [1.82, 2.24) is 9.80 Å². The van der Waals surface area contributed by atoms with Crippen LogP contribution >= 0.6 is 7.82 Å². The molecule has 128 valence electrons. The van der Waals surface area contributed by atoms with Crippen LogP contribution in [0.1, 0.15) is 6.42 Å². The second-order valence-corrected chi connectivity index (χ2v) is 7.87. The third kappa shape index (κ3) is 6.38. The first kappa shape index (κ1) is 19.0. The minimum absolute atomic E-state index is 0.0203. The minimum atomic E-state index is -4.58. The minimum Gasteiger partial charge on any atom is -0.343 e. The standard InChI is InChI=1S/C9H19N4O7PS/c1-12(2-3-20-21(15,16)17)9(10)13-5-7(4-8(13)14)6-22(11,18)19/h7,10H,2-6H2,1H3,(H2,11,18,19)(H2,15,16,17). The summed E-state index contributed by atoms with van der Waals surface area (Å²) in [4.78, 5) is 31.3. The Balaban J connectivity index is 2.54. The lowest BCUT2D eigenvalue weighted by molar-refractivity contribution is -0.124. The smallest absolute Gasteiger partial charge is 0.343 e. The van der Waals surface area contributed by atoms with Crippen LogP contribution in [0.25, 0.3) is 0 Å². The highest BCUT2D eigenvalue weighted by Crippen LogP contribution is 2.35. The number of phosphoric ester groups is 1. The number of nitrogens with one attached hydrogen (secondary N) is 1. The first-order valence-electron chi connectivity index (χ1n) is 6.19. The molecule has 13 heteroatoms. The normalized spacial score (nSPS) is 19.5. The van der Waals surface area contributed by atoms with Crippen LogP contribution in [0.15, 0.2) is 0 Å². The number of likely N-dealkylation sites (tertiary alicyclic amines) is 1. The molecule has 1 atom stereocenters. The first-order valence-corrected chi connectivity index (χ1v) is 9.44. The molecule has 0 aromatic carbocycles. The van der Waals surface area contributed by atoms with Crippen molar-refractivity contribution in [2.75, 3.05) is 32.5 Å². The van der Waals surface area contributed by atoms with Crippen molar-refractivity contribution in [3.63, 3.8) is 0 Å². The van der Waals surface area contributed by atoms with Crippen molar-refractivity contribution >= 4 is 29.7 Å². The van der Waals surface area contributed by atoms with E-state index in [0.29, 0.717) is 0 Å². The second kappa shape index (κ2) is 7.02. The number of primary sulfonamides is 1. The van der Waals surface area contributed by atoms with E-state index in [0.717, 1.165) is 4.90 Å². The van der Waals surface area contributed by atoms with E-state index in [1.165, 1.54) is 11.9 Å². The van der Waals surface area contributed by atoms with Crippen molar-refractivity contribution in [3.8, 4) is 0 Å². The van der Waals surface area contributed by atoms with Gasteiger partial charge in [0.2, 0.25) is 15.9 Å². The average Bonchev–Trinajstić information content (AvgIpc) is 2.64. The summed E-state index contributed by atoms with van der Waals surface area (Å²) in [6.45, 7) is -0.294. The summed E-state index contributed by atoms with van der Waals surface area (Å²) in [6.07, 6.45) is -0.0222. The van der Waals surface area contributed by atoms with E-state index in [9.17, 15) is 17.8 Å². The molecule has 1 rings (SSSR count). The van der Waals surface area contributed by atoms with Crippen LogP contribution < -0.4 is 5.14 Å². The molecule has 5 N–H and O–H groups in total. The Bertz CT molecular complexity index is 589. The zero-order valence-electron chi connectivity index (χ0n) is 11.9. The van der Waals surface area contributed by atoms with Gasteiger partial charge >= 0.3 is 7.82 Å². The Hall–Kier alpha value is -1.04. The maximum atomic E-state index is 11.8. The summed E-state index contributed by atoms with van der Waals surface area (Å²) in [5, 5.41) is 12.8. The molecule has 0 bridgehead atoms. The van der Waals surface area contributed by atoms with Gasteiger partial charge in [0, 0.05) is 32.5 Å². The highest BCUT2D eigenvalue weighted by molar-refractivity contribution is 7.89. The van der Waals surface area contributed by atoms with Gasteiger partial charge in [0.15, 0.2) is 5.96 Å². The van der Waals surface area contributed by atoms with Gasteiger partial charge in [-0.25, -0.2) is 18.1 Å². The van der Waals surface area contributed by atoms with E-state index in [1.54, 1.807) is 0 Å². The lowest BCUT2D eigenvalue weighted by Crippen LogP contribution is -2.44. The number of guanidine groups is 1. The number of hydrogen-bond acceptors (Lipinski definition) is 6.